The van der Waals surface area contributed by atoms with E-state index in [1.54, 1.807) is 0 Å². The summed E-state index contributed by atoms with van der Waals surface area (Å²) < 4.78 is 0. The number of likely N-dealkylation sites (tertiary alicyclic amines) is 1. The number of aryl methyl sites for hydroxylation is 1. The molecule has 1 aliphatic carbocycles. The number of nitrogens with zero attached hydrogens (tertiary/aromatic N) is 2. The summed E-state index contributed by atoms with van der Waals surface area (Å²) in [6, 6.07) is 8.62. The van der Waals surface area contributed by atoms with Gasteiger partial charge in [-0.3, -0.25) is 20.4 Å². The number of hydrazine groups is 1. The van der Waals surface area contributed by atoms with Gasteiger partial charge in [-0.25, -0.2) is 0 Å². The Morgan fingerprint density at radius 3 is 2.55 bits per heavy atom. The van der Waals surface area contributed by atoms with Gasteiger partial charge >= 0.3 is 0 Å². The molecule has 0 radical (unpaired) electrons. The van der Waals surface area contributed by atoms with Crippen LogP contribution < -0.4 is 10.9 Å². The highest BCUT2D eigenvalue weighted by molar-refractivity contribution is 5.98. The van der Waals surface area contributed by atoms with E-state index < -0.39 is 0 Å². The fraction of sp³-hybridized carbons (Fsp3) is 0.615. The third kappa shape index (κ3) is 4.41. The summed E-state index contributed by atoms with van der Waals surface area (Å²) in [7, 11) is 2.00. The molecule has 2 unspecified atom stereocenters. The van der Waals surface area contributed by atoms with Gasteiger partial charge in [0.25, 0.3) is 5.91 Å². The second kappa shape index (κ2) is 9.47. The first-order valence-electron chi connectivity index (χ1n) is 12.7. The first-order chi connectivity index (χ1) is 16.0. The van der Waals surface area contributed by atoms with Gasteiger partial charge < -0.3 is 14.8 Å². The molecule has 178 valence electrons. The number of carbonyl (C=O) groups is 2. The van der Waals surface area contributed by atoms with Crippen LogP contribution in [0.25, 0.3) is 10.9 Å². The third-order valence-corrected chi connectivity index (χ3v) is 8.26. The zero-order valence-corrected chi connectivity index (χ0v) is 19.9. The van der Waals surface area contributed by atoms with Crippen molar-refractivity contribution in [3.05, 3.63) is 35.5 Å². The number of hydrogen-bond acceptors (Lipinski definition) is 4. The fourth-order valence-corrected chi connectivity index (χ4v) is 6.17. The van der Waals surface area contributed by atoms with Crippen LogP contribution in [0.3, 0.4) is 0 Å². The lowest BCUT2D eigenvalue weighted by molar-refractivity contribution is -0.137. The maximum absolute atomic E-state index is 13.3. The lowest BCUT2D eigenvalue weighted by Crippen LogP contribution is -2.50. The minimum Gasteiger partial charge on any atom is -0.351 e. The van der Waals surface area contributed by atoms with Gasteiger partial charge in [0.05, 0.1) is 5.92 Å². The van der Waals surface area contributed by atoms with Gasteiger partial charge in [-0.2, -0.15) is 0 Å². The highest BCUT2D eigenvalue weighted by atomic mass is 16.2. The zero-order valence-electron chi connectivity index (χ0n) is 19.9. The van der Waals surface area contributed by atoms with Gasteiger partial charge in [-0.1, -0.05) is 31.4 Å². The average molecular weight is 452 g/mol. The van der Waals surface area contributed by atoms with Gasteiger partial charge in [0.1, 0.15) is 5.69 Å². The van der Waals surface area contributed by atoms with Crippen LogP contribution in [-0.4, -0.2) is 65.4 Å². The van der Waals surface area contributed by atoms with E-state index in [4.69, 9.17) is 0 Å². The third-order valence-electron chi connectivity index (χ3n) is 8.26. The Balaban J connectivity index is 1.20. The van der Waals surface area contributed by atoms with Crippen molar-refractivity contribution < 1.29 is 9.59 Å². The number of carbonyl (C=O) groups excluding carboxylic acids is 2. The first-order valence-corrected chi connectivity index (χ1v) is 12.7. The molecule has 7 heteroatoms. The number of amides is 2. The smallest absolute Gasteiger partial charge is 0.270 e. The second-order valence-corrected chi connectivity index (χ2v) is 10.2. The molecule has 3 N–H and O–H groups in total. The van der Waals surface area contributed by atoms with Crippen LogP contribution in [0.2, 0.25) is 0 Å². The number of aromatic amines is 1. The topological polar surface area (TPSA) is 80.5 Å². The quantitative estimate of drug-likeness (QED) is 0.667. The molecule has 5 rings (SSSR count). The highest BCUT2D eigenvalue weighted by Crippen LogP contribution is 2.30. The Bertz CT molecular complexity index is 1000. The minimum absolute atomic E-state index is 0.0270. The van der Waals surface area contributed by atoms with E-state index in [0.29, 0.717) is 24.2 Å². The number of fused-ring (bicyclic) bond motifs is 1. The Hall–Kier alpha value is -2.38. The molecule has 33 heavy (non-hydrogen) atoms. The average Bonchev–Trinajstić information content (AvgIpc) is 3.52. The van der Waals surface area contributed by atoms with Crippen LogP contribution in [0.4, 0.5) is 0 Å². The molecule has 7 nitrogen and oxygen atoms in total. The van der Waals surface area contributed by atoms with Crippen molar-refractivity contribution in [1.82, 2.24) is 25.6 Å². The van der Waals surface area contributed by atoms with E-state index in [1.807, 2.05) is 35.0 Å². The van der Waals surface area contributed by atoms with Crippen LogP contribution in [0.15, 0.2) is 24.3 Å². The van der Waals surface area contributed by atoms with E-state index in [-0.39, 0.29) is 23.8 Å². The van der Waals surface area contributed by atoms with Gasteiger partial charge in [-0.15, -0.1) is 0 Å². The lowest BCUT2D eigenvalue weighted by atomic mass is 9.82. The van der Waals surface area contributed by atoms with Crippen LogP contribution in [0.5, 0.6) is 0 Å². The summed E-state index contributed by atoms with van der Waals surface area (Å²) in [6.07, 6.45) is 7.86. The molecule has 1 saturated carbocycles. The van der Waals surface area contributed by atoms with E-state index in [1.165, 1.54) is 24.8 Å². The van der Waals surface area contributed by atoms with Crippen molar-refractivity contribution in [2.75, 3.05) is 26.7 Å². The van der Waals surface area contributed by atoms with Gasteiger partial charge in [0.2, 0.25) is 5.91 Å². The van der Waals surface area contributed by atoms with Crippen molar-refractivity contribution in [2.45, 2.75) is 64.0 Å². The second-order valence-electron chi connectivity index (χ2n) is 10.2. The molecule has 2 atom stereocenters. The van der Waals surface area contributed by atoms with Crippen molar-refractivity contribution in [1.29, 1.82) is 0 Å². The number of piperidine rings is 1. The SMILES string of the molecule is Cc1cccc2[nH]c(C(=O)N3CCC(C4NNCC4C(=O)N(C)C4CCCCC4)CC3)cc12. The maximum atomic E-state index is 13.3. The summed E-state index contributed by atoms with van der Waals surface area (Å²) in [5.74, 6) is 0.714. The predicted molar refractivity (Wildman–Crippen MR) is 130 cm³/mol. The highest BCUT2D eigenvalue weighted by Gasteiger charge is 2.41. The molecule has 2 aromatic rings. The van der Waals surface area contributed by atoms with Gasteiger partial charge in [0, 0.05) is 49.7 Å². The standard InChI is InChI=1S/C26H37N5O2/c1-17-7-6-10-22-20(17)15-23(28-22)26(33)31-13-11-18(12-14-31)24-21(16-27-29-24)25(32)30(2)19-8-4-3-5-9-19/h6-7,10,15,18-19,21,24,27-29H,3-5,8-9,11-14,16H2,1-2H3. The lowest BCUT2D eigenvalue weighted by Gasteiger charge is -2.38. The van der Waals surface area contributed by atoms with Crippen LogP contribution in [0.1, 0.15) is 61.0 Å². The summed E-state index contributed by atoms with van der Waals surface area (Å²) in [6.45, 7) is 4.22. The minimum atomic E-state index is -0.0270. The molecular weight excluding hydrogens is 414 g/mol. The summed E-state index contributed by atoms with van der Waals surface area (Å²) in [4.78, 5) is 33.8. The number of benzene rings is 1. The van der Waals surface area contributed by atoms with E-state index >= 15 is 0 Å². The van der Waals surface area contributed by atoms with E-state index in [2.05, 4.69) is 28.8 Å². The fourth-order valence-electron chi connectivity index (χ4n) is 6.17. The molecule has 2 amide bonds. The van der Waals surface area contributed by atoms with E-state index in [9.17, 15) is 9.59 Å². The summed E-state index contributed by atoms with van der Waals surface area (Å²) >= 11 is 0. The largest absolute Gasteiger partial charge is 0.351 e. The van der Waals surface area contributed by atoms with Crippen LogP contribution in [-0.2, 0) is 4.79 Å². The Morgan fingerprint density at radius 1 is 1.06 bits per heavy atom. The van der Waals surface area contributed by atoms with E-state index in [0.717, 1.165) is 49.7 Å². The molecule has 1 aromatic carbocycles. The molecule has 1 aromatic heterocycles. The monoisotopic (exact) mass is 451 g/mol. The van der Waals surface area contributed by atoms with Crippen molar-refractivity contribution in [2.24, 2.45) is 11.8 Å². The van der Waals surface area contributed by atoms with Crippen molar-refractivity contribution in [3.8, 4) is 0 Å². The Labute approximate surface area is 196 Å². The number of rotatable bonds is 4. The molecule has 0 spiro atoms. The van der Waals surface area contributed by atoms with Gasteiger partial charge in [-0.05, 0) is 56.2 Å². The van der Waals surface area contributed by atoms with Crippen LogP contribution in [0, 0.1) is 18.8 Å². The summed E-state index contributed by atoms with van der Waals surface area (Å²) in [5.41, 5.74) is 9.52. The predicted octanol–water partition coefficient (Wildman–Crippen LogP) is 3.21. The number of H-pyrrole nitrogens is 1. The molecule has 3 heterocycles. The van der Waals surface area contributed by atoms with Crippen molar-refractivity contribution in [3.63, 3.8) is 0 Å². The number of aromatic nitrogens is 1. The molecule has 3 aliphatic rings. The Morgan fingerprint density at radius 2 is 1.82 bits per heavy atom. The molecular formula is C26H37N5O2. The molecule has 0 bridgehead atoms. The molecule has 2 aliphatic heterocycles. The normalized spacial score (nSPS) is 25.0. The maximum Gasteiger partial charge on any atom is 0.270 e. The molecule has 2 saturated heterocycles. The first kappa shape index (κ1) is 22.4. The summed E-state index contributed by atoms with van der Waals surface area (Å²) in [5, 5.41) is 1.11. The number of nitrogens with one attached hydrogen (secondary N) is 3. The molecule has 3 fully saturated rings. The number of hydrogen-bond donors (Lipinski definition) is 3. The zero-order chi connectivity index (χ0) is 22.9. The van der Waals surface area contributed by atoms with Gasteiger partial charge in [0.15, 0.2) is 0 Å². The van der Waals surface area contributed by atoms with Crippen molar-refractivity contribution >= 4 is 22.7 Å². The van der Waals surface area contributed by atoms with Crippen LogP contribution >= 0.6 is 0 Å². The Kier molecular flexibility index (Phi) is 6.43.